The van der Waals surface area contributed by atoms with E-state index in [1.165, 1.54) is 11.3 Å². The summed E-state index contributed by atoms with van der Waals surface area (Å²) in [5.41, 5.74) is 1.80. The minimum atomic E-state index is 0.0750. The minimum absolute atomic E-state index is 0.0750. The summed E-state index contributed by atoms with van der Waals surface area (Å²) in [6.45, 7) is 2.08. The van der Waals surface area contributed by atoms with E-state index < -0.39 is 0 Å². The van der Waals surface area contributed by atoms with Crippen molar-refractivity contribution in [3.05, 3.63) is 49.3 Å². The van der Waals surface area contributed by atoms with E-state index in [-0.39, 0.29) is 5.56 Å². The number of fused-ring (bicyclic) bond motifs is 1. The predicted molar refractivity (Wildman–Crippen MR) is 72.3 cm³/mol. The fourth-order valence-electron chi connectivity index (χ4n) is 2.11. The Morgan fingerprint density at radius 2 is 2.39 bits per heavy atom. The van der Waals surface area contributed by atoms with Crippen LogP contribution in [0.4, 0.5) is 0 Å². The molecule has 0 saturated heterocycles. The molecule has 2 aromatic rings. The molecule has 0 saturated carbocycles. The van der Waals surface area contributed by atoms with Gasteiger partial charge in [-0.1, -0.05) is 11.6 Å². The molecule has 2 aromatic heterocycles. The third-order valence-electron chi connectivity index (χ3n) is 3.02. The summed E-state index contributed by atoms with van der Waals surface area (Å²) in [6.07, 6.45) is 2.38. The van der Waals surface area contributed by atoms with Gasteiger partial charge in [-0.15, -0.1) is 11.3 Å². The molecule has 6 heteroatoms. The Kier molecular flexibility index (Phi) is 3.20. The van der Waals surface area contributed by atoms with E-state index in [4.69, 9.17) is 11.6 Å². The molecule has 1 aliphatic rings. The summed E-state index contributed by atoms with van der Waals surface area (Å²) in [7, 11) is 0. The van der Waals surface area contributed by atoms with Gasteiger partial charge in [0.05, 0.1) is 22.9 Å². The van der Waals surface area contributed by atoms with Gasteiger partial charge in [0.25, 0.3) is 5.56 Å². The Morgan fingerprint density at radius 3 is 3.17 bits per heavy atom. The smallest absolute Gasteiger partial charge is 0.257 e. The third kappa shape index (κ3) is 2.21. The van der Waals surface area contributed by atoms with Gasteiger partial charge in [-0.25, -0.2) is 4.98 Å². The molecule has 0 aromatic carbocycles. The summed E-state index contributed by atoms with van der Waals surface area (Å²) in [4.78, 5) is 17.7. The van der Waals surface area contributed by atoms with Gasteiger partial charge in [-0.2, -0.15) is 0 Å². The third-order valence-corrected chi connectivity index (χ3v) is 4.24. The first-order chi connectivity index (χ1) is 8.74. The second-order valence-electron chi connectivity index (χ2n) is 4.24. The van der Waals surface area contributed by atoms with Gasteiger partial charge in [0.2, 0.25) is 0 Å². The first-order valence-corrected chi connectivity index (χ1v) is 6.95. The molecule has 0 fully saturated rings. The maximum absolute atomic E-state index is 12.3. The maximum Gasteiger partial charge on any atom is 0.257 e. The van der Waals surface area contributed by atoms with E-state index in [2.05, 4.69) is 10.3 Å². The highest BCUT2D eigenvalue weighted by Gasteiger charge is 2.15. The Bertz CT molecular complexity index is 634. The molecule has 3 rings (SSSR count). The van der Waals surface area contributed by atoms with Crippen LogP contribution in [0, 0.1) is 0 Å². The molecule has 0 amide bonds. The van der Waals surface area contributed by atoms with Crippen LogP contribution >= 0.6 is 22.9 Å². The molecule has 0 unspecified atom stereocenters. The number of thiophene rings is 1. The molecule has 18 heavy (non-hydrogen) atoms. The molecule has 1 N–H and O–H groups in total. The molecule has 0 aliphatic carbocycles. The van der Waals surface area contributed by atoms with Crippen LogP contribution in [-0.4, -0.2) is 16.1 Å². The fourth-order valence-corrected chi connectivity index (χ4v) is 3.19. The number of nitrogens with zero attached hydrogens (tertiary/aromatic N) is 2. The first-order valence-electron chi connectivity index (χ1n) is 5.76. The highest BCUT2D eigenvalue weighted by molar-refractivity contribution is 7.16. The van der Waals surface area contributed by atoms with Crippen LogP contribution in [0.1, 0.15) is 16.1 Å². The summed E-state index contributed by atoms with van der Waals surface area (Å²) in [5.74, 6) is 0. The quantitative estimate of drug-likeness (QED) is 0.911. The zero-order valence-electron chi connectivity index (χ0n) is 9.65. The lowest BCUT2D eigenvalue weighted by Crippen LogP contribution is -2.34. The van der Waals surface area contributed by atoms with Gasteiger partial charge in [0.1, 0.15) is 0 Å². The molecule has 3 heterocycles. The van der Waals surface area contributed by atoms with Crippen LogP contribution in [0.2, 0.25) is 4.34 Å². The van der Waals surface area contributed by atoms with Crippen molar-refractivity contribution in [2.45, 2.75) is 19.5 Å². The summed E-state index contributed by atoms with van der Waals surface area (Å²) in [5, 5.41) is 3.21. The van der Waals surface area contributed by atoms with E-state index in [1.807, 2.05) is 12.1 Å². The largest absolute Gasteiger partial charge is 0.311 e. The van der Waals surface area contributed by atoms with Crippen molar-refractivity contribution >= 4 is 22.9 Å². The van der Waals surface area contributed by atoms with Crippen molar-refractivity contribution in [1.82, 2.24) is 14.9 Å². The van der Waals surface area contributed by atoms with Crippen molar-refractivity contribution in [3.63, 3.8) is 0 Å². The van der Waals surface area contributed by atoms with Crippen LogP contribution < -0.4 is 10.9 Å². The van der Waals surface area contributed by atoms with Crippen LogP contribution in [0.15, 0.2) is 23.3 Å². The van der Waals surface area contributed by atoms with E-state index >= 15 is 0 Å². The molecule has 0 spiro atoms. The number of halogens is 1. The van der Waals surface area contributed by atoms with Crippen molar-refractivity contribution in [2.24, 2.45) is 0 Å². The first kappa shape index (κ1) is 11.9. The van der Waals surface area contributed by atoms with E-state index in [9.17, 15) is 4.79 Å². The number of rotatable bonds is 2. The monoisotopic (exact) mass is 281 g/mol. The topological polar surface area (TPSA) is 46.9 Å². The summed E-state index contributed by atoms with van der Waals surface area (Å²) >= 11 is 7.38. The predicted octanol–water partition coefficient (Wildman–Crippen LogP) is 1.65. The van der Waals surface area contributed by atoms with Gasteiger partial charge in [0.15, 0.2) is 0 Å². The lowest BCUT2D eigenvalue weighted by atomic mass is 10.1. The molecular weight excluding hydrogens is 270 g/mol. The highest BCUT2D eigenvalue weighted by Crippen LogP contribution is 2.21. The summed E-state index contributed by atoms with van der Waals surface area (Å²) < 4.78 is 2.40. The normalized spacial score (nSPS) is 14.5. The number of nitrogens with one attached hydrogen (secondary N) is 1. The van der Waals surface area contributed by atoms with Crippen molar-refractivity contribution in [1.29, 1.82) is 0 Å². The molecular formula is C12H12ClN3OS. The van der Waals surface area contributed by atoms with Crippen LogP contribution in [0.25, 0.3) is 0 Å². The van der Waals surface area contributed by atoms with Crippen molar-refractivity contribution in [2.75, 3.05) is 6.54 Å². The number of hydrogen-bond acceptors (Lipinski definition) is 4. The molecule has 0 bridgehead atoms. The van der Waals surface area contributed by atoms with Crippen molar-refractivity contribution in [3.8, 4) is 0 Å². The van der Waals surface area contributed by atoms with Crippen LogP contribution in [-0.2, 0) is 19.5 Å². The molecule has 0 atom stereocenters. The zero-order chi connectivity index (χ0) is 12.5. The van der Waals surface area contributed by atoms with Gasteiger partial charge in [-0.3, -0.25) is 9.36 Å². The van der Waals surface area contributed by atoms with Gasteiger partial charge < -0.3 is 5.32 Å². The second-order valence-corrected chi connectivity index (χ2v) is 6.04. The summed E-state index contributed by atoms with van der Waals surface area (Å²) in [6, 6.07) is 3.79. The van der Waals surface area contributed by atoms with Crippen LogP contribution in [0.3, 0.4) is 0 Å². The van der Waals surface area contributed by atoms with Crippen LogP contribution in [0.5, 0.6) is 0 Å². The van der Waals surface area contributed by atoms with Crippen molar-refractivity contribution < 1.29 is 0 Å². The number of aromatic nitrogens is 2. The van der Waals surface area contributed by atoms with E-state index in [1.54, 1.807) is 10.9 Å². The zero-order valence-corrected chi connectivity index (χ0v) is 11.2. The lowest BCUT2D eigenvalue weighted by Gasteiger charge is -2.16. The van der Waals surface area contributed by atoms with Gasteiger partial charge >= 0.3 is 0 Å². The minimum Gasteiger partial charge on any atom is -0.311 e. The highest BCUT2D eigenvalue weighted by atomic mass is 35.5. The van der Waals surface area contributed by atoms with Gasteiger partial charge in [0, 0.05) is 17.0 Å². The average Bonchev–Trinajstić information content (AvgIpc) is 2.79. The maximum atomic E-state index is 12.3. The standard InChI is InChI=1S/C12H12ClN3OS/c13-11-2-1-8(18-11)6-16-7-15-10-5-14-4-3-9(10)12(16)17/h1-2,7,14H,3-6H2. The lowest BCUT2D eigenvalue weighted by molar-refractivity contribution is 0.597. The Hall–Kier alpha value is -1.17. The SMILES string of the molecule is O=c1c2c(ncn1Cc1ccc(Cl)s1)CNCC2. The van der Waals surface area contributed by atoms with Gasteiger partial charge in [-0.05, 0) is 25.1 Å². The Morgan fingerprint density at radius 1 is 1.50 bits per heavy atom. The number of hydrogen-bond donors (Lipinski definition) is 1. The molecule has 1 aliphatic heterocycles. The molecule has 0 radical (unpaired) electrons. The average molecular weight is 282 g/mol. The second kappa shape index (κ2) is 4.84. The molecule has 4 nitrogen and oxygen atoms in total. The Labute approximate surface area is 113 Å². The van der Waals surface area contributed by atoms with E-state index in [0.29, 0.717) is 13.1 Å². The molecule has 94 valence electrons. The Balaban J connectivity index is 1.96. The van der Waals surface area contributed by atoms with E-state index in [0.717, 1.165) is 33.4 Å². The fraction of sp³-hybridized carbons (Fsp3) is 0.333.